The van der Waals surface area contributed by atoms with Gasteiger partial charge in [-0.3, -0.25) is 14.9 Å². The molecule has 12 heteroatoms. The largest absolute Gasteiger partial charge is 0.347 e. The molecule has 34 heavy (non-hydrogen) atoms. The van der Waals surface area contributed by atoms with Crippen molar-refractivity contribution in [2.24, 2.45) is 5.92 Å². The molecule has 0 atom stereocenters. The summed E-state index contributed by atoms with van der Waals surface area (Å²) >= 11 is 0. The lowest BCUT2D eigenvalue weighted by molar-refractivity contribution is -0.387. The number of hydrogen-bond donors (Lipinski definition) is 1. The molecule has 1 aromatic heterocycles. The molecule has 1 aliphatic heterocycles. The van der Waals surface area contributed by atoms with Crippen LogP contribution in [0.2, 0.25) is 0 Å². The Morgan fingerprint density at radius 2 is 1.94 bits per heavy atom. The van der Waals surface area contributed by atoms with Gasteiger partial charge in [-0.1, -0.05) is 41.1 Å². The van der Waals surface area contributed by atoms with Crippen molar-refractivity contribution in [1.82, 2.24) is 19.8 Å². The van der Waals surface area contributed by atoms with Gasteiger partial charge in [0, 0.05) is 30.6 Å². The zero-order valence-electron chi connectivity index (χ0n) is 18.4. The smallest absolute Gasteiger partial charge is 0.289 e. The van der Waals surface area contributed by atoms with E-state index in [0.29, 0.717) is 18.7 Å². The van der Waals surface area contributed by atoms with Crippen molar-refractivity contribution in [2.45, 2.75) is 31.2 Å². The lowest BCUT2D eigenvalue weighted by atomic mass is 9.97. The highest BCUT2D eigenvalue weighted by molar-refractivity contribution is 7.89. The number of nitrogens with one attached hydrogen (secondary N) is 1. The predicted molar refractivity (Wildman–Crippen MR) is 121 cm³/mol. The highest BCUT2D eigenvalue weighted by Crippen LogP contribution is 2.29. The summed E-state index contributed by atoms with van der Waals surface area (Å²) in [6.45, 7) is 2.20. The maximum absolute atomic E-state index is 12.9. The van der Waals surface area contributed by atoms with Gasteiger partial charge >= 0.3 is 0 Å². The molecular formula is C22H23N5O6S. The number of aromatic nitrogens is 2. The second-order valence-electron chi connectivity index (χ2n) is 8.00. The Bertz CT molecular complexity index is 1310. The average molecular weight is 486 g/mol. The Morgan fingerprint density at radius 3 is 2.65 bits per heavy atom. The summed E-state index contributed by atoms with van der Waals surface area (Å²) in [5.74, 6) is 0.0668. The molecule has 0 unspecified atom stereocenters. The van der Waals surface area contributed by atoms with Gasteiger partial charge < -0.3 is 9.84 Å². The number of aryl methyl sites for hydroxylation is 1. The van der Waals surface area contributed by atoms with Crippen molar-refractivity contribution in [2.75, 3.05) is 13.1 Å². The minimum atomic E-state index is -4.04. The standard InChI is InChI=1S/C22H23N5O6S/c1-15-5-4-6-17(13-15)21-24-20(33-25-21)14-23-22(28)16-9-11-26(12-10-16)34(31,32)19-8-3-2-7-18(19)27(29)30/h2-8,13,16H,9-12,14H2,1H3,(H,23,28). The number of nitro groups is 1. The quantitative estimate of drug-likeness (QED) is 0.397. The highest BCUT2D eigenvalue weighted by atomic mass is 32.2. The number of piperidine rings is 1. The molecule has 3 aromatic rings. The Hall–Kier alpha value is -3.64. The first-order chi connectivity index (χ1) is 16.3. The first kappa shape index (κ1) is 23.5. The number of amides is 1. The number of para-hydroxylation sites is 1. The molecule has 0 spiro atoms. The number of benzene rings is 2. The van der Waals surface area contributed by atoms with E-state index in [-0.39, 0.29) is 36.3 Å². The maximum Gasteiger partial charge on any atom is 0.289 e. The molecule has 0 saturated carbocycles. The number of hydrogen-bond acceptors (Lipinski definition) is 8. The number of sulfonamides is 1. The zero-order valence-corrected chi connectivity index (χ0v) is 19.2. The molecule has 1 amide bonds. The van der Waals surface area contributed by atoms with Gasteiger partial charge in [0.2, 0.25) is 27.6 Å². The van der Waals surface area contributed by atoms with E-state index in [1.54, 1.807) is 0 Å². The summed E-state index contributed by atoms with van der Waals surface area (Å²) in [7, 11) is -4.04. The zero-order chi connectivity index (χ0) is 24.3. The molecule has 1 aliphatic rings. The first-order valence-corrected chi connectivity index (χ1v) is 12.1. The van der Waals surface area contributed by atoms with Gasteiger partial charge in [0.1, 0.15) is 0 Å². The summed E-state index contributed by atoms with van der Waals surface area (Å²) in [4.78, 5) is 27.1. The fraction of sp³-hybridized carbons (Fsp3) is 0.318. The van der Waals surface area contributed by atoms with E-state index in [0.717, 1.165) is 17.2 Å². The van der Waals surface area contributed by atoms with Crippen molar-refractivity contribution in [3.8, 4) is 11.4 Å². The van der Waals surface area contributed by atoms with E-state index in [1.807, 2.05) is 31.2 Å². The van der Waals surface area contributed by atoms with Crippen LogP contribution in [0.25, 0.3) is 11.4 Å². The maximum atomic E-state index is 12.9. The number of carbonyl (C=O) groups is 1. The van der Waals surface area contributed by atoms with Gasteiger partial charge in [0.05, 0.1) is 11.5 Å². The topological polar surface area (TPSA) is 149 Å². The second-order valence-corrected chi connectivity index (χ2v) is 9.91. The fourth-order valence-electron chi connectivity index (χ4n) is 3.86. The van der Waals surface area contributed by atoms with Crippen LogP contribution in [0.5, 0.6) is 0 Å². The molecule has 0 radical (unpaired) electrons. The third-order valence-electron chi connectivity index (χ3n) is 5.66. The Kier molecular flexibility index (Phi) is 6.70. The summed E-state index contributed by atoms with van der Waals surface area (Å²) in [6.07, 6.45) is 0.591. The monoisotopic (exact) mass is 485 g/mol. The first-order valence-electron chi connectivity index (χ1n) is 10.7. The van der Waals surface area contributed by atoms with Crippen molar-refractivity contribution in [3.63, 3.8) is 0 Å². The lowest BCUT2D eigenvalue weighted by Crippen LogP contribution is -2.43. The Balaban J connectivity index is 1.33. The van der Waals surface area contributed by atoms with E-state index in [4.69, 9.17) is 4.52 Å². The number of carbonyl (C=O) groups excluding carboxylic acids is 1. The van der Waals surface area contributed by atoms with Crippen LogP contribution in [-0.4, -0.2) is 46.8 Å². The molecule has 2 heterocycles. The van der Waals surface area contributed by atoms with Crippen molar-refractivity contribution in [3.05, 3.63) is 70.1 Å². The number of nitrogens with zero attached hydrogens (tertiary/aromatic N) is 4. The number of nitro benzene ring substituents is 1. The molecule has 0 aliphatic carbocycles. The molecule has 0 bridgehead atoms. The van der Waals surface area contributed by atoms with Crippen LogP contribution in [0.3, 0.4) is 0 Å². The van der Waals surface area contributed by atoms with Gasteiger partial charge in [0.15, 0.2) is 4.90 Å². The van der Waals surface area contributed by atoms with E-state index in [1.165, 1.54) is 22.5 Å². The van der Waals surface area contributed by atoms with E-state index in [2.05, 4.69) is 15.5 Å². The second kappa shape index (κ2) is 9.69. The van der Waals surface area contributed by atoms with E-state index in [9.17, 15) is 23.3 Å². The Morgan fingerprint density at radius 1 is 1.21 bits per heavy atom. The molecular weight excluding hydrogens is 462 g/mol. The van der Waals surface area contributed by atoms with Gasteiger partial charge in [-0.25, -0.2) is 8.42 Å². The molecule has 1 fully saturated rings. The van der Waals surface area contributed by atoms with Crippen molar-refractivity contribution >= 4 is 21.6 Å². The van der Waals surface area contributed by atoms with Crippen LogP contribution in [0.4, 0.5) is 5.69 Å². The number of rotatable bonds is 7. The molecule has 4 rings (SSSR count). The van der Waals surface area contributed by atoms with Gasteiger partial charge in [-0.2, -0.15) is 9.29 Å². The fourth-order valence-corrected chi connectivity index (χ4v) is 5.49. The third-order valence-corrected chi connectivity index (χ3v) is 7.61. The van der Waals surface area contributed by atoms with Gasteiger partial charge in [0.25, 0.3) is 5.69 Å². The highest BCUT2D eigenvalue weighted by Gasteiger charge is 2.35. The van der Waals surface area contributed by atoms with Crippen LogP contribution in [-0.2, 0) is 21.4 Å². The third kappa shape index (κ3) is 4.97. The minimum Gasteiger partial charge on any atom is -0.347 e. The molecule has 1 saturated heterocycles. The van der Waals surface area contributed by atoms with Gasteiger partial charge in [-0.15, -0.1) is 0 Å². The molecule has 1 N–H and O–H groups in total. The van der Waals surface area contributed by atoms with Crippen molar-refractivity contribution in [1.29, 1.82) is 0 Å². The molecule has 178 valence electrons. The summed E-state index contributed by atoms with van der Waals surface area (Å²) in [6, 6.07) is 12.9. The summed E-state index contributed by atoms with van der Waals surface area (Å²) in [5, 5.41) is 17.9. The Labute approximate surface area is 196 Å². The normalized spacial score (nSPS) is 15.2. The summed E-state index contributed by atoms with van der Waals surface area (Å²) in [5.41, 5.74) is 1.41. The molecule has 11 nitrogen and oxygen atoms in total. The minimum absolute atomic E-state index is 0.0619. The molecule has 2 aromatic carbocycles. The predicted octanol–water partition coefficient (Wildman–Crippen LogP) is 2.67. The van der Waals surface area contributed by atoms with Crippen LogP contribution < -0.4 is 5.32 Å². The lowest BCUT2D eigenvalue weighted by Gasteiger charge is -2.30. The van der Waals surface area contributed by atoms with Crippen LogP contribution >= 0.6 is 0 Å². The summed E-state index contributed by atoms with van der Waals surface area (Å²) < 4.78 is 32.3. The van der Waals surface area contributed by atoms with Gasteiger partial charge in [-0.05, 0) is 31.9 Å². The van der Waals surface area contributed by atoms with Crippen molar-refractivity contribution < 1.29 is 22.7 Å². The average Bonchev–Trinajstić information content (AvgIpc) is 3.32. The van der Waals surface area contributed by atoms with Crippen LogP contribution in [0, 0.1) is 23.0 Å². The SMILES string of the molecule is Cc1cccc(-c2noc(CNC(=O)C3CCN(S(=O)(=O)c4ccccc4[N+](=O)[O-])CC3)n2)c1. The van der Waals surface area contributed by atoms with Crippen LogP contribution in [0.15, 0.2) is 57.9 Å². The van der Waals surface area contributed by atoms with Crippen LogP contribution in [0.1, 0.15) is 24.3 Å². The van der Waals surface area contributed by atoms with E-state index >= 15 is 0 Å². The van der Waals surface area contributed by atoms with E-state index < -0.39 is 26.6 Å².